The summed E-state index contributed by atoms with van der Waals surface area (Å²) >= 11 is 0. The highest BCUT2D eigenvalue weighted by molar-refractivity contribution is 7.91. The smallest absolute Gasteiger partial charge is 0.162 e. The maximum Gasteiger partial charge on any atom is 0.162 e. The van der Waals surface area contributed by atoms with Gasteiger partial charge in [0.2, 0.25) is 0 Å². The zero-order valence-electron chi connectivity index (χ0n) is 14.7. The summed E-state index contributed by atoms with van der Waals surface area (Å²) in [5.41, 5.74) is 0.731. The molecule has 1 aliphatic heterocycles. The van der Waals surface area contributed by atoms with Gasteiger partial charge in [0.1, 0.15) is 5.82 Å². The van der Waals surface area contributed by atoms with E-state index in [4.69, 9.17) is 0 Å². The quantitative estimate of drug-likeness (QED) is 0.697. The lowest BCUT2D eigenvalue weighted by atomic mass is 10.1. The van der Waals surface area contributed by atoms with Gasteiger partial charge in [-0.1, -0.05) is 30.3 Å². The van der Waals surface area contributed by atoms with E-state index in [0.29, 0.717) is 31.6 Å². The van der Waals surface area contributed by atoms with Crippen molar-refractivity contribution >= 4 is 15.6 Å². The zero-order valence-corrected chi connectivity index (χ0v) is 15.5. The fourth-order valence-electron chi connectivity index (χ4n) is 3.49. The molecule has 1 atom stereocenters. The first-order chi connectivity index (χ1) is 12.5. The van der Waals surface area contributed by atoms with Crippen LogP contribution in [0.3, 0.4) is 0 Å². The number of Topliss-reactive ketones (excluding diaryl/α,β-unsaturated/α-hetero) is 1. The van der Waals surface area contributed by atoms with E-state index in [1.165, 1.54) is 0 Å². The Morgan fingerprint density at radius 1 is 1.15 bits per heavy atom. The molecule has 0 N–H and O–H groups in total. The number of rotatable bonds is 7. The van der Waals surface area contributed by atoms with Gasteiger partial charge < -0.3 is 0 Å². The van der Waals surface area contributed by atoms with Crippen LogP contribution in [0.2, 0.25) is 0 Å². The minimum Gasteiger partial charge on any atom is -0.294 e. The van der Waals surface area contributed by atoms with Crippen LogP contribution in [-0.2, 0) is 16.3 Å². The second kappa shape index (κ2) is 6.95. The number of aromatic nitrogens is 3. The Morgan fingerprint density at radius 2 is 1.92 bits per heavy atom. The van der Waals surface area contributed by atoms with E-state index < -0.39 is 9.84 Å². The predicted octanol–water partition coefficient (Wildman–Crippen LogP) is 2.72. The Bertz CT molecular complexity index is 901. The molecule has 0 spiro atoms. The van der Waals surface area contributed by atoms with Crippen LogP contribution in [0, 0.1) is 0 Å². The molecule has 2 aromatic rings. The van der Waals surface area contributed by atoms with Crippen molar-refractivity contribution in [1.82, 2.24) is 14.8 Å². The minimum atomic E-state index is -2.97. The second-order valence-electron chi connectivity index (χ2n) is 7.30. The Labute approximate surface area is 153 Å². The molecule has 0 radical (unpaired) electrons. The number of sulfone groups is 1. The van der Waals surface area contributed by atoms with Crippen LogP contribution in [0.15, 0.2) is 30.3 Å². The summed E-state index contributed by atoms with van der Waals surface area (Å²) in [7, 11) is -2.97. The van der Waals surface area contributed by atoms with Crippen molar-refractivity contribution in [3.05, 3.63) is 47.5 Å². The minimum absolute atomic E-state index is 0.111. The van der Waals surface area contributed by atoms with Crippen LogP contribution in [0.25, 0.3) is 0 Å². The fourth-order valence-corrected chi connectivity index (χ4v) is 5.19. The first kappa shape index (κ1) is 17.4. The van der Waals surface area contributed by atoms with Gasteiger partial charge in [0.05, 0.1) is 17.5 Å². The molecule has 1 aliphatic carbocycles. The number of aryl methyl sites for hydroxylation is 1. The van der Waals surface area contributed by atoms with Crippen molar-refractivity contribution in [2.24, 2.45) is 0 Å². The highest BCUT2D eigenvalue weighted by Crippen LogP contribution is 2.39. The van der Waals surface area contributed by atoms with Gasteiger partial charge in [-0.2, -0.15) is 5.10 Å². The lowest BCUT2D eigenvalue weighted by Crippen LogP contribution is -2.16. The number of ketones is 1. The van der Waals surface area contributed by atoms with Crippen molar-refractivity contribution in [2.75, 3.05) is 11.5 Å². The third kappa shape index (κ3) is 3.87. The molecule has 1 aromatic heterocycles. The molecule has 0 amide bonds. The summed E-state index contributed by atoms with van der Waals surface area (Å²) in [5, 5.41) is 4.63. The molecular formula is C19H23N3O3S. The summed E-state index contributed by atoms with van der Waals surface area (Å²) in [4.78, 5) is 16.9. The zero-order chi connectivity index (χ0) is 18.1. The largest absolute Gasteiger partial charge is 0.294 e. The number of carbonyl (C=O) groups excluding carboxylic acids is 1. The SMILES string of the molecule is O=C(CCCc1nc(C2CC2)nn1[C@H]1CCS(=O)(=O)C1)c1ccccc1. The van der Waals surface area contributed by atoms with E-state index in [2.05, 4.69) is 10.1 Å². The van der Waals surface area contributed by atoms with Crippen molar-refractivity contribution < 1.29 is 13.2 Å². The summed E-state index contributed by atoms with van der Waals surface area (Å²) in [6, 6.07) is 9.19. The third-order valence-corrected chi connectivity index (χ3v) is 6.87. The molecule has 1 saturated heterocycles. The number of hydrogen-bond acceptors (Lipinski definition) is 5. The first-order valence-electron chi connectivity index (χ1n) is 9.26. The average molecular weight is 373 g/mol. The van der Waals surface area contributed by atoms with Gasteiger partial charge in [-0.25, -0.2) is 18.1 Å². The molecule has 7 heteroatoms. The van der Waals surface area contributed by atoms with Crippen LogP contribution in [0.4, 0.5) is 0 Å². The number of hydrogen-bond donors (Lipinski definition) is 0. The number of benzene rings is 1. The van der Waals surface area contributed by atoms with Gasteiger partial charge in [-0.15, -0.1) is 0 Å². The molecular weight excluding hydrogens is 350 g/mol. The second-order valence-corrected chi connectivity index (χ2v) is 9.53. The molecule has 2 fully saturated rings. The van der Waals surface area contributed by atoms with E-state index >= 15 is 0 Å². The fraction of sp³-hybridized carbons (Fsp3) is 0.526. The molecule has 1 saturated carbocycles. The summed E-state index contributed by atoms with van der Waals surface area (Å²) in [5.74, 6) is 2.61. The van der Waals surface area contributed by atoms with Crippen LogP contribution < -0.4 is 0 Å². The monoisotopic (exact) mass is 373 g/mol. The van der Waals surface area contributed by atoms with E-state index in [9.17, 15) is 13.2 Å². The Balaban J connectivity index is 1.44. The van der Waals surface area contributed by atoms with Crippen LogP contribution in [0.1, 0.15) is 66.1 Å². The van der Waals surface area contributed by atoms with E-state index in [-0.39, 0.29) is 23.3 Å². The molecule has 2 aliphatic rings. The summed E-state index contributed by atoms with van der Waals surface area (Å²) in [6.45, 7) is 0. The topological polar surface area (TPSA) is 81.9 Å². The standard InChI is InChI=1S/C19H23N3O3S/c23-17(14-5-2-1-3-6-14)7-4-8-18-20-19(15-9-10-15)21-22(18)16-11-12-26(24,25)13-16/h1-3,5-6,15-16H,4,7-13H2/t16-/m0/s1. The molecule has 2 heterocycles. The van der Waals surface area contributed by atoms with Crippen LogP contribution in [-0.4, -0.2) is 40.5 Å². The van der Waals surface area contributed by atoms with E-state index in [1.54, 1.807) is 0 Å². The normalized spacial score (nSPS) is 21.8. The highest BCUT2D eigenvalue weighted by atomic mass is 32.2. The number of nitrogens with zero attached hydrogens (tertiary/aromatic N) is 3. The maximum atomic E-state index is 12.3. The van der Waals surface area contributed by atoms with Gasteiger partial charge in [-0.05, 0) is 25.7 Å². The molecule has 0 bridgehead atoms. The van der Waals surface area contributed by atoms with Crippen molar-refractivity contribution in [3.63, 3.8) is 0 Å². The predicted molar refractivity (Wildman–Crippen MR) is 98.0 cm³/mol. The van der Waals surface area contributed by atoms with E-state index in [1.807, 2.05) is 35.0 Å². The Kier molecular flexibility index (Phi) is 4.65. The summed E-state index contributed by atoms with van der Waals surface area (Å²) < 4.78 is 25.5. The van der Waals surface area contributed by atoms with Crippen LogP contribution in [0.5, 0.6) is 0 Å². The first-order valence-corrected chi connectivity index (χ1v) is 11.1. The van der Waals surface area contributed by atoms with Crippen molar-refractivity contribution in [2.45, 2.75) is 50.5 Å². The van der Waals surface area contributed by atoms with Gasteiger partial charge >= 0.3 is 0 Å². The molecule has 6 nitrogen and oxygen atoms in total. The lowest BCUT2D eigenvalue weighted by Gasteiger charge is -2.11. The number of carbonyl (C=O) groups is 1. The highest BCUT2D eigenvalue weighted by Gasteiger charge is 2.34. The average Bonchev–Trinajstić information content (AvgIpc) is 3.30. The van der Waals surface area contributed by atoms with Crippen LogP contribution >= 0.6 is 0 Å². The maximum absolute atomic E-state index is 12.3. The lowest BCUT2D eigenvalue weighted by molar-refractivity contribution is 0.0980. The van der Waals surface area contributed by atoms with Gasteiger partial charge in [-0.3, -0.25) is 4.79 Å². The molecule has 1 aromatic carbocycles. The third-order valence-electron chi connectivity index (χ3n) is 5.12. The van der Waals surface area contributed by atoms with Crippen molar-refractivity contribution in [1.29, 1.82) is 0 Å². The molecule has 4 rings (SSSR count). The Morgan fingerprint density at radius 3 is 2.58 bits per heavy atom. The summed E-state index contributed by atoms with van der Waals surface area (Å²) in [6.07, 6.45) is 4.62. The molecule has 26 heavy (non-hydrogen) atoms. The van der Waals surface area contributed by atoms with Gasteiger partial charge in [0, 0.05) is 24.3 Å². The van der Waals surface area contributed by atoms with E-state index in [0.717, 1.165) is 30.1 Å². The van der Waals surface area contributed by atoms with Gasteiger partial charge in [0.25, 0.3) is 0 Å². The van der Waals surface area contributed by atoms with Crippen molar-refractivity contribution in [3.8, 4) is 0 Å². The van der Waals surface area contributed by atoms with Gasteiger partial charge in [0.15, 0.2) is 21.4 Å². The molecule has 0 unspecified atom stereocenters. The Hall–Kier alpha value is -2.02. The molecule has 138 valence electrons.